The molecule has 4 heavy (non-hydrogen) atoms. The van der Waals surface area contributed by atoms with Gasteiger partial charge in [-0.1, -0.05) is 0 Å². The summed E-state index contributed by atoms with van der Waals surface area (Å²) in [5, 5.41) is 0. The zero-order valence-corrected chi connectivity index (χ0v) is 9.47. The molecule has 0 rings (SSSR count). The molecule has 0 unspecified atom stereocenters. The number of hydrogen-bond acceptors (Lipinski definition) is 0. The van der Waals surface area contributed by atoms with Gasteiger partial charge in [0.05, 0.1) is 0 Å². The summed E-state index contributed by atoms with van der Waals surface area (Å²) in [7, 11) is 0. The minimum absolute atomic E-state index is 0. The maximum atomic E-state index is 0. The van der Waals surface area contributed by atoms with Crippen molar-refractivity contribution in [1.82, 2.24) is 0 Å². The molecule has 0 radical (unpaired) electrons. The van der Waals surface area contributed by atoms with Crippen LogP contribution < -0.4 is 0 Å². The third-order valence-corrected chi connectivity index (χ3v) is 0. The van der Waals surface area contributed by atoms with Crippen LogP contribution in [0.15, 0.2) is 0 Å². The van der Waals surface area contributed by atoms with Crippen molar-refractivity contribution in [1.29, 1.82) is 0 Å². The summed E-state index contributed by atoms with van der Waals surface area (Å²) in [4.78, 5) is 0. The molecule has 0 aromatic carbocycles. The summed E-state index contributed by atoms with van der Waals surface area (Å²) in [6.45, 7) is 0. The van der Waals surface area contributed by atoms with Gasteiger partial charge in [-0.25, -0.2) is 0 Å². The van der Waals surface area contributed by atoms with Crippen LogP contribution in [0.5, 0.6) is 0 Å². The van der Waals surface area contributed by atoms with E-state index >= 15 is 0 Å². The molecule has 4 heteroatoms. The zero-order valence-electron chi connectivity index (χ0n) is 1.93. The van der Waals surface area contributed by atoms with E-state index in [1.807, 2.05) is 0 Å². The molecule has 0 aliphatic carbocycles. The minimum Gasteiger partial charge on any atom is -2.00 e. The molecular weight excluding hydrogens is 313 g/mol. The maximum Gasteiger partial charge on any atom is 0 e. The summed E-state index contributed by atoms with van der Waals surface area (Å²) >= 11 is 0. The molecule has 0 bridgehead atoms. The van der Waals surface area contributed by atoms with Gasteiger partial charge >= 0.3 is 0 Å². The van der Waals surface area contributed by atoms with E-state index in [2.05, 4.69) is 0 Å². The summed E-state index contributed by atoms with van der Waals surface area (Å²) in [6.07, 6.45) is 0. The molecule has 24 valence electrons. The van der Waals surface area contributed by atoms with E-state index in [4.69, 9.17) is 0 Å². The van der Waals surface area contributed by atoms with Gasteiger partial charge in [0.1, 0.15) is 0 Å². The van der Waals surface area contributed by atoms with Crippen LogP contribution in [-0.2, 0) is 67.5 Å². The molecule has 0 heterocycles. The molecule has 0 saturated carbocycles. The molecule has 0 spiro atoms. The monoisotopic (exact) mass is 312 g/mol. The van der Waals surface area contributed by atoms with E-state index in [-0.39, 0.29) is 67.5 Å². The van der Waals surface area contributed by atoms with Crippen molar-refractivity contribution >= 4 is 27.0 Å². The predicted octanol–water partition coefficient (Wildman–Crippen LogP) is -0.00980. The number of hydrogen-bond donors (Lipinski definition) is 0. The van der Waals surface area contributed by atoms with Crippen LogP contribution in [0, 0.1) is 0 Å². The van der Waals surface area contributed by atoms with E-state index in [9.17, 15) is 0 Å². The predicted molar refractivity (Wildman–Crippen MR) is 14.7 cm³/mol. The Morgan fingerprint density at radius 1 is 0.750 bits per heavy atom. The van der Waals surface area contributed by atoms with Gasteiger partial charge in [0, 0.05) is 40.5 Å². The molecule has 0 nitrogen and oxygen atoms in total. The average Bonchev–Trinajstić information content (AvgIpc) is 0. The van der Waals surface area contributed by atoms with Crippen molar-refractivity contribution < 1.29 is 40.5 Å². The van der Waals surface area contributed by atoms with Crippen molar-refractivity contribution in [3.8, 4) is 0 Å². The third kappa shape index (κ3) is 8.99. The quantitative estimate of drug-likeness (QED) is 0.552. The van der Waals surface area contributed by atoms with Gasteiger partial charge < -0.3 is 27.0 Å². The standard InChI is InChI=1S/2S.W.Zn/q2*-2;;. The Bertz CT molecular complexity index is 6.00. The van der Waals surface area contributed by atoms with Gasteiger partial charge in [0.2, 0.25) is 0 Å². The van der Waals surface area contributed by atoms with Crippen LogP contribution >= 0.6 is 0 Å². The molecule has 0 amide bonds. The molecule has 0 aromatic heterocycles. The molecule has 0 aliphatic heterocycles. The molecule has 0 aromatic rings. The van der Waals surface area contributed by atoms with Crippen molar-refractivity contribution in [2.75, 3.05) is 0 Å². The summed E-state index contributed by atoms with van der Waals surface area (Å²) in [5.74, 6) is 0. The van der Waals surface area contributed by atoms with Gasteiger partial charge in [-0.15, -0.1) is 0 Å². The summed E-state index contributed by atoms with van der Waals surface area (Å²) in [6, 6.07) is 0. The van der Waals surface area contributed by atoms with Crippen LogP contribution in [-0.4, -0.2) is 0 Å². The van der Waals surface area contributed by atoms with E-state index in [1.54, 1.807) is 0 Å². The van der Waals surface area contributed by atoms with E-state index < -0.39 is 0 Å². The van der Waals surface area contributed by atoms with Crippen molar-refractivity contribution in [2.45, 2.75) is 0 Å². The molecule has 0 aliphatic rings. The van der Waals surface area contributed by atoms with Gasteiger partial charge in [-0.3, -0.25) is 0 Å². The van der Waals surface area contributed by atoms with Crippen LogP contribution in [0.25, 0.3) is 0 Å². The van der Waals surface area contributed by atoms with E-state index in [0.717, 1.165) is 0 Å². The van der Waals surface area contributed by atoms with Gasteiger partial charge in [0.25, 0.3) is 0 Å². The van der Waals surface area contributed by atoms with Crippen molar-refractivity contribution in [2.24, 2.45) is 0 Å². The number of rotatable bonds is 0. The molecule has 0 atom stereocenters. The maximum absolute atomic E-state index is 0. The third-order valence-electron chi connectivity index (χ3n) is 0. The van der Waals surface area contributed by atoms with Crippen LogP contribution in [0.4, 0.5) is 0 Å². The molecular formula is S2WZn-4. The van der Waals surface area contributed by atoms with Crippen molar-refractivity contribution in [3.63, 3.8) is 0 Å². The first-order chi connectivity index (χ1) is 0. The average molecular weight is 313 g/mol. The van der Waals surface area contributed by atoms with Gasteiger partial charge in [0.15, 0.2) is 0 Å². The molecule has 0 saturated heterocycles. The second-order valence-electron chi connectivity index (χ2n) is 0. The minimum atomic E-state index is 0. The first-order valence-corrected chi connectivity index (χ1v) is 0. The molecule has 0 N–H and O–H groups in total. The first kappa shape index (κ1) is 37.3. The van der Waals surface area contributed by atoms with Crippen LogP contribution in [0.3, 0.4) is 0 Å². The Morgan fingerprint density at radius 2 is 0.750 bits per heavy atom. The van der Waals surface area contributed by atoms with E-state index in [0.29, 0.717) is 0 Å². The molecule has 0 fully saturated rings. The Hall–Kier alpha value is 2.01. The van der Waals surface area contributed by atoms with Crippen LogP contribution in [0.1, 0.15) is 0 Å². The Kier molecular flexibility index (Phi) is 186. The Balaban J connectivity index is 0. The Labute approximate surface area is 67.0 Å². The fourth-order valence-electron chi connectivity index (χ4n) is 0. The zero-order chi connectivity index (χ0) is 0. The second kappa shape index (κ2) is 19.9. The smallest absolute Gasteiger partial charge is 0 e. The van der Waals surface area contributed by atoms with Gasteiger partial charge in [-0.05, 0) is 0 Å². The Morgan fingerprint density at radius 3 is 0.750 bits per heavy atom. The van der Waals surface area contributed by atoms with Crippen LogP contribution in [0.2, 0.25) is 0 Å². The fraction of sp³-hybridized carbons (Fsp3) is 0. The first-order valence-electron chi connectivity index (χ1n) is 0. The fourth-order valence-corrected chi connectivity index (χ4v) is 0. The summed E-state index contributed by atoms with van der Waals surface area (Å²) in [5.41, 5.74) is 0. The SMILES string of the molecule is [S-2].[S-2].[W].[Zn]. The largest absolute Gasteiger partial charge is 2.00 e. The van der Waals surface area contributed by atoms with E-state index in [1.165, 1.54) is 0 Å². The topological polar surface area (TPSA) is 0 Å². The normalized spacial score (nSPS) is 0. The second-order valence-corrected chi connectivity index (χ2v) is 0. The van der Waals surface area contributed by atoms with Crippen molar-refractivity contribution in [3.05, 3.63) is 0 Å². The summed E-state index contributed by atoms with van der Waals surface area (Å²) < 4.78 is 0. The van der Waals surface area contributed by atoms with Gasteiger partial charge in [-0.2, -0.15) is 0 Å².